The molecule has 1 heterocycles. The van der Waals surface area contributed by atoms with E-state index in [0.29, 0.717) is 12.6 Å². The predicted molar refractivity (Wildman–Crippen MR) is 98.7 cm³/mol. The number of nitrogens with zero attached hydrogens (tertiary/aromatic N) is 2. The molecule has 6 nitrogen and oxygen atoms in total. The number of likely N-dealkylation sites (N-methyl/N-ethyl adjacent to an activating group) is 1. The highest BCUT2D eigenvalue weighted by atomic mass is 32.2. The molecule has 1 aromatic rings. The van der Waals surface area contributed by atoms with Gasteiger partial charge in [0.1, 0.15) is 5.82 Å². The van der Waals surface area contributed by atoms with E-state index in [1.54, 1.807) is 0 Å². The standard InChI is InChI=1S/C18H28FN3O3S/c1-15-6-3-4-12-22(15)13-5-11-20-18(23)14-21(2)26(24,25)17-9-7-16(19)8-10-17/h7-10,15H,3-6,11-14H2,1-2H3,(H,20,23)/t15-/m0/s1. The van der Waals surface area contributed by atoms with E-state index in [9.17, 15) is 17.6 Å². The maximum atomic E-state index is 12.9. The third kappa shape index (κ3) is 5.75. The van der Waals surface area contributed by atoms with Crippen LogP contribution in [0.2, 0.25) is 0 Å². The third-order valence-corrected chi connectivity index (χ3v) is 6.59. The van der Waals surface area contributed by atoms with Crippen LogP contribution in [0.25, 0.3) is 0 Å². The van der Waals surface area contributed by atoms with Gasteiger partial charge in [0.05, 0.1) is 11.4 Å². The van der Waals surface area contributed by atoms with Crippen molar-refractivity contribution < 1.29 is 17.6 Å². The maximum Gasteiger partial charge on any atom is 0.243 e. The van der Waals surface area contributed by atoms with Gasteiger partial charge in [0, 0.05) is 26.2 Å². The first-order chi connectivity index (χ1) is 12.3. The van der Waals surface area contributed by atoms with Crippen molar-refractivity contribution in [1.82, 2.24) is 14.5 Å². The van der Waals surface area contributed by atoms with E-state index in [2.05, 4.69) is 17.1 Å². The molecule has 1 aliphatic heterocycles. The Bertz CT molecular complexity index is 694. The predicted octanol–water partition coefficient (Wildman–Crippen LogP) is 1.83. The molecule has 1 fully saturated rings. The molecule has 0 unspecified atom stereocenters. The summed E-state index contributed by atoms with van der Waals surface area (Å²) >= 11 is 0. The van der Waals surface area contributed by atoms with Crippen molar-refractivity contribution in [2.24, 2.45) is 0 Å². The van der Waals surface area contributed by atoms with Crippen molar-refractivity contribution in [3.05, 3.63) is 30.1 Å². The summed E-state index contributed by atoms with van der Waals surface area (Å²) in [6.07, 6.45) is 4.56. The molecular weight excluding hydrogens is 357 g/mol. The number of halogens is 1. The van der Waals surface area contributed by atoms with Gasteiger partial charge in [-0.25, -0.2) is 12.8 Å². The molecule has 0 bridgehead atoms. The minimum absolute atomic E-state index is 0.0340. The van der Waals surface area contributed by atoms with E-state index in [-0.39, 0.29) is 17.3 Å². The van der Waals surface area contributed by atoms with Crippen LogP contribution in [0.1, 0.15) is 32.6 Å². The zero-order valence-electron chi connectivity index (χ0n) is 15.4. The molecule has 2 rings (SSSR count). The Hall–Kier alpha value is -1.51. The van der Waals surface area contributed by atoms with Gasteiger partial charge in [-0.1, -0.05) is 6.42 Å². The second-order valence-electron chi connectivity index (χ2n) is 6.80. The van der Waals surface area contributed by atoms with E-state index < -0.39 is 15.8 Å². The van der Waals surface area contributed by atoms with Gasteiger partial charge in [0.25, 0.3) is 0 Å². The molecule has 1 aromatic carbocycles. The lowest BCUT2D eigenvalue weighted by Crippen LogP contribution is -2.41. The normalized spacial score (nSPS) is 18.8. The summed E-state index contributed by atoms with van der Waals surface area (Å²) in [4.78, 5) is 14.4. The Balaban J connectivity index is 1.75. The molecule has 8 heteroatoms. The molecule has 26 heavy (non-hydrogen) atoms. The topological polar surface area (TPSA) is 69.7 Å². The highest BCUT2D eigenvalue weighted by Crippen LogP contribution is 2.16. The molecule has 1 atom stereocenters. The van der Waals surface area contributed by atoms with Gasteiger partial charge in [0.2, 0.25) is 15.9 Å². The van der Waals surface area contributed by atoms with Gasteiger partial charge in [-0.15, -0.1) is 0 Å². The number of hydrogen-bond donors (Lipinski definition) is 1. The van der Waals surface area contributed by atoms with Crippen LogP contribution in [0.3, 0.4) is 0 Å². The van der Waals surface area contributed by atoms with Crippen molar-refractivity contribution in [3.63, 3.8) is 0 Å². The highest BCUT2D eigenvalue weighted by molar-refractivity contribution is 7.89. The molecule has 1 amide bonds. The number of carbonyl (C=O) groups excluding carboxylic acids is 1. The van der Waals surface area contributed by atoms with Crippen LogP contribution in [0, 0.1) is 5.82 Å². The summed E-state index contributed by atoms with van der Waals surface area (Å²) in [5.74, 6) is -0.850. The summed E-state index contributed by atoms with van der Waals surface area (Å²) < 4.78 is 38.7. The smallest absolute Gasteiger partial charge is 0.243 e. The SMILES string of the molecule is C[C@H]1CCCCN1CCCNC(=O)CN(C)S(=O)(=O)c1ccc(F)cc1. The van der Waals surface area contributed by atoms with Crippen LogP contribution in [-0.2, 0) is 14.8 Å². The quantitative estimate of drug-likeness (QED) is 0.693. The van der Waals surface area contributed by atoms with Crippen molar-refractivity contribution in [3.8, 4) is 0 Å². The molecule has 1 saturated heterocycles. The van der Waals surface area contributed by atoms with Gasteiger partial charge in [-0.2, -0.15) is 4.31 Å². The molecule has 0 aliphatic carbocycles. The molecule has 0 radical (unpaired) electrons. The fraction of sp³-hybridized carbons (Fsp3) is 0.611. The molecule has 146 valence electrons. The number of nitrogens with one attached hydrogen (secondary N) is 1. The van der Waals surface area contributed by atoms with Crippen molar-refractivity contribution in [2.75, 3.05) is 33.2 Å². The molecule has 0 aromatic heterocycles. The van der Waals surface area contributed by atoms with E-state index in [1.807, 2.05) is 0 Å². The van der Waals surface area contributed by atoms with Crippen molar-refractivity contribution in [1.29, 1.82) is 0 Å². The van der Waals surface area contributed by atoms with Gasteiger partial charge < -0.3 is 10.2 Å². The molecule has 0 spiro atoms. The van der Waals surface area contributed by atoms with Gasteiger partial charge >= 0.3 is 0 Å². The number of amides is 1. The zero-order chi connectivity index (χ0) is 19.2. The first kappa shape index (κ1) is 20.8. The van der Waals surface area contributed by atoms with Crippen LogP contribution in [0.15, 0.2) is 29.2 Å². The van der Waals surface area contributed by atoms with Gasteiger partial charge in [-0.05, 0) is 57.0 Å². The Morgan fingerprint density at radius 2 is 2.00 bits per heavy atom. The van der Waals surface area contributed by atoms with Gasteiger partial charge in [0.15, 0.2) is 0 Å². The number of likely N-dealkylation sites (tertiary alicyclic amines) is 1. The number of benzene rings is 1. The summed E-state index contributed by atoms with van der Waals surface area (Å²) in [6, 6.07) is 5.15. The zero-order valence-corrected chi connectivity index (χ0v) is 16.3. The second-order valence-corrected chi connectivity index (χ2v) is 8.84. The van der Waals surface area contributed by atoms with E-state index in [0.717, 1.165) is 35.9 Å². The largest absolute Gasteiger partial charge is 0.355 e. The third-order valence-electron chi connectivity index (χ3n) is 4.77. The lowest BCUT2D eigenvalue weighted by atomic mass is 10.0. The Kier molecular flexibility index (Phi) is 7.55. The first-order valence-corrected chi connectivity index (χ1v) is 10.5. The average Bonchev–Trinajstić information content (AvgIpc) is 2.60. The molecular formula is C18H28FN3O3S. The monoisotopic (exact) mass is 385 g/mol. The first-order valence-electron chi connectivity index (χ1n) is 9.03. The van der Waals surface area contributed by atoms with E-state index >= 15 is 0 Å². The maximum absolute atomic E-state index is 12.9. The van der Waals surface area contributed by atoms with Gasteiger partial charge in [-0.3, -0.25) is 4.79 Å². The van der Waals surface area contributed by atoms with Crippen molar-refractivity contribution >= 4 is 15.9 Å². The minimum atomic E-state index is -3.81. The van der Waals surface area contributed by atoms with Crippen LogP contribution in [-0.4, -0.2) is 62.8 Å². The van der Waals surface area contributed by atoms with E-state index in [4.69, 9.17) is 0 Å². The molecule has 1 N–H and O–H groups in total. The van der Waals surface area contributed by atoms with Crippen LogP contribution < -0.4 is 5.32 Å². The number of carbonyl (C=O) groups is 1. The van der Waals surface area contributed by atoms with Crippen LogP contribution in [0.5, 0.6) is 0 Å². The Labute approximate surface area is 155 Å². The summed E-state index contributed by atoms with van der Waals surface area (Å²) in [5, 5.41) is 2.77. The minimum Gasteiger partial charge on any atom is -0.355 e. The van der Waals surface area contributed by atoms with Crippen molar-refractivity contribution in [2.45, 2.75) is 43.5 Å². The number of rotatable bonds is 8. The van der Waals surface area contributed by atoms with E-state index in [1.165, 1.54) is 38.4 Å². The average molecular weight is 386 g/mol. The molecule has 1 aliphatic rings. The summed E-state index contributed by atoms with van der Waals surface area (Å²) in [6.45, 7) is 4.53. The fourth-order valence-corrected chi connectivity index (χ4v) is 4.26. The lowest BCUT2D eigenvalue weighted by Gasteiger charge is -2.33. The number of hydrogen-bond acceptors (Lipinski definition) is 4. The fourth-order valence-electron chi connectivity index (χ4n) is 3.13. The summed E-state index contributed by atoms with van der Waals surface area (Å²) in [7, 11) is -2.47. The highest BCUT2D eigenvalue weighted by Gasteiger charge is 2.23. The Morgan fingerprint density at radius 3 is 2.65 bits per heavy atom. The van der Waals surface area contributed by atoms with Crippen LogP contribution in [0.4, 0.5) is 4.39 Å². The summed E-state index contributed by atoms with van der Waals surface area (Å²) in [5.41, 5.74) is 0. The number of piperidine rings is 1. The lowest BCUT2D eigenvalue weighted by molar-refractivity contribution is -0.121. The number of sulfonamides is 1. The van der Waals surface area contributed by atoms with Crippen LogP contribution >= 0.6 is 0 Å². The second kappa shape index (κ2) is 9.43. The Morgan fingerprint density at radius 1 is 1.31 bits per heavy atom. The molecule has 0 saturated carbocycles.